The van der Waals surface area contributed by atoms with Crippen molar-refractivity contribution in [2.75, 3.05) is 6.54 Å². The van der Waals surface area contributed by atoms with Gasteiger partial charge < -0.3 is 14.8 Å². The molecule has 5 nitrogen and oxygen atoms in total. The van der Waals surface area contributed by atoms with Gasteiger partial charge in [0.25, 0.3) is 0 Å². The van der Waals surface area contributed by atoms with Crippen molar-refractivity contribution in [2.45, 2.75) is 56.7 Å². The Labute approximate surface area is 182 Å². The minimum atomic E-state index is -0.430. The van der Waals surface area contributed by atoms with Gasteiger partial charge in [0.15, 0.2) is 0 Å². The number of aromatic amines is 1. The van der Waals surface area contributed by atoms with E-state index in [1.54, 1.807) is 0 Å². The average molecular weight is 414 g/mol. The van der Waals surface area contributed by atoms with Gasteiger partial charge in [0.1, 0.15) is 12.6 Å². The highest BCUT2D eigenvalue weighted by Crippen LogP contribution is 2.43. The maximum absolute atomic E-state index is 13.8. The molecule has 2 fully saturated rings. The number of hydrogen-bond donors (Lipinski definition) is 1. The number of carbonyl (C=O) groups is 2. The third-order valence-corrected chi connectivity index (χ3v) is 7.42. The summed E-state index contributed by atoms with van der Waals surface area (Å²) < 4.78 is 0. The van der Waals surface area contributed by atoms with Crippen LogP contribution in [0.25, 0.3) is 10.9 Å². The summed E-state index contributed by atoms with van der Waals surface area (Å²) >= 11 is 0. The number of amides is 2. The van der Waals surface area contributed by atoms with E-state index in [0.29, 0.717) is 6.42 Å². The lowest BCUT2D eigenvalue weighted by molar-refractivity contribution is -0.161. The maximum Gasteiger partial charge on any atom is 0.246 e. The Balaban J connectivity index is 1.48. The van der Waals surface area contributed by atoms with Crippen molar-refractivity contribution in [1.82, 2.24) is 14.8 Å². The molecule has 3 heterocycles. The molecule has 2 atom stereocenters. The largest absolute Gasteiger partial charge is 0.356 e. The molecule has 0 bridgehead atoms. The van der Waals surface area contributed by atoms with Crippen LogP contribution in [0.5, 0.6) is 0 Å². The van der Waals surface area contributed by atoms with Crippen LogP contribution >= 0.6 is 0 Å². The van der Waals surface area contributed by atoms with Crippen LogP contribution in [0.4, 0.5) is 0 Å². The van der Waals surface area contributed by atoms with E-state index >= 15 is 0 Å². The van der Waals surface area contributed by atoms with Gasteiger partial charge in [-0.15, -0.1) is 0 Å². The van der Waals surface area contributed by atoms with Crippen LogP contribution in [0.2, 0.25) is 0 Å². The van der Waals surface area contributed by atoms with E-state index in [1.807, 2.05) is 40.1 Å². The third kappa shape index (κ3) is 2.90. The summed E-state index contributed by atoms with van der Waals surface area (Å²) in [6.07, 6.45) is 6.15. The summed E-state index contributed by atoms with van der Waals surface area (Å²) in [5.74, 6) is 0.191. The van der Waals surface area contributed by atoms with Crippen LogP contribution in [0.15, 0.2) is 54.6 Å². The average Bonchev–Trinajstić information content (AvgIpc) is 3.19. The molecule has 0 spiro atoms. The smallest absolute Gasteiger partial charge is 0.246 e. The lowest BCUT2D eigenvalue weighted by Gasteiger charge is -2.49. The highest BCUT2D eigenvalue weighted by molar-refractivity contribution is 5.97. The van der Waals surface area contributed by atoms with Crippen molar-refractivity contribution in [3.05, 3.63) is 71.4 Å². The summed E-state index contributed by atoms with van der Waals surface area (Å²) in [5.41, 5.74) is 4.35. The van der Waals surface area contributed by atoms with Crippen LogP contribution in [0.1, 0.15) is 55.0 Å². The van der Waals surface area contributed by atoms with Crippen LogP contribution < -0.4 is 0 Å². The number of fused-ring (bicyclic) bond motifs is 4. The first-order valence-corrected chi connectivity index (χ1v) is 11.5. The van der Waals surface area contributed by atoms with Gasteiger partial charge in [0, 0.05) is 29.1 Å². The minimum Gasteiger partial charge on any atom is -0.356 e. The van der Waals surface area contributed by atoms with Crippen LogP contribution in [-0.4, -0.2) is 45.2 Å². The Morgan fingerprint density at radius 2 is 1.61 bits per heavy atom. The number of hydrogen-bond acceptors (Lipinski definition) is 2. The van der Waals surface area contributed by atoms with E-state index in [0.717, 1.165) is 47.8 Å². The van der Waals surface area contributed by atoms with Crippen LogP contribution in [0.3, 0.4) is 0 Å². The third-order valence-electron chi connectivity index (χ3n) is 7.42. The molecule has 2 amide bonds. The second-order valence-electron chi connectivity index (χ2n) is 9.15. The molecule has 31 heavy (non-hydrogen) atoms. The summed E-state index contributed by atoms with van der Waals surface area (Å²) in [4.78, 5) is 34.7. The summed E-state index contributed by atoms with van der Waals surface area (Å²) in [6, 6.07) is 17.9. The number of benzene rings is 2. The Kier molecular flexibility index (Phi) is 4.37. The first-order valence-electron chi connectivity index (χ1n) is 11.5. The highest BCUT2D eigenvalue weighted by Gasteiger charge is 2.49. The first kappa shape index (κ1) is 18.7. The Morgan fingerprint density at radius 1 is 0.871 bits per heavy atom. The lowest BCUT2D eigenvalue weighted by Crippen LogP contribution is -2.64. The van der Waals surface area contributed by atoms with E-state index < -0.39 is 6.04 Å². The van der Waals surface area contributed by atoms with Crippen molar-refractivity contribution < 1.29 is 9.59 Å². The van der Waals surface area contributed by atoms with Gasteiger partial charge in [-0.2, -0.15) is 0 Å². The van der Waals surface area contributed by atoms with Gasteiger partial charge >= 0.3 is 0 Å². The topological polar surface area (TPSA) is 56.4 Å². The van der Waals surface area contributed by atoms with Gasteiger partial charge in [-0.1, -0.05) is 67.8 Å². The SMILES string of the molecule is O=C1[C@@H]2Cc3c([nH]c4ccccc34)[C@@H](c3ccccc3)N2C(=O)CN1C1CCCCC1. The molecule has 1 aromatic heterocycles. The molecule has 1 aliphatic carbocycles. The van der Waals surface area contributed by atoms with Crippen molar-refractivity contribution >= 4 is 22.7 Å². The molecule has 2 aliphatic heterocycles. The zero-order valence-electron chi connectivity index (χ0n) is 17.6. The fourth-order valence-corrected chi connectivity index (χ4v) is 5.97. The molecule has 1 saturated carbocycles. The van der Waals surface area contributed by atoms with E-state index in [-0.39, 0.29) is 30.4 Å². The summed E-state index contributed by atoms with van der Waals surface area (Å²) in [6.45, 7) is 0.207. The Hall–Kier alpha value is -3.08. The Morgan fingerprint density at radius 3 is 2.42 bits per heavy atom. The van der Waals surface area contributed by atoms with Gasteiger partial charge in [-0.05, 0) is 30.0 Å². The number of piperazine rings is 1. The van der Waals surface area contributed by atoms with E-state index in [4.69, 9.17) is 0 Å². The second-order valence-corrected chi connectivity index (χ2v) is 9.15. The van der Waals surface area contributed by atoms with Crippen molar-refractivity contribution in [3.63, 3.8) is 0 Å². The zero-order valence-corrected chi connectivity index (χ0v) is 17.6. The molecule has 0 unspecified atom stereocenters. The van der Waals surface area contributed by atoms with Gasteiger partial charge in [-0.25, -0.2) is 0 Å². The quantitative estimate of drug-likeness (QED) is 0.685. The first-order chi connectivity index (χ1) is 15.2. The number of nitrogens with zero attached hydrogens (tertiary/aromatic N) is 2. The number of aromatic nitrogens is 1. The van der Waals surface area contributed by atoms with Crippen molar-refractivity contribution in [2.24, 2.45) is 0 Å². The fourth-order valence-electron chi connectivity index (χ4n) is 5.97. The normalized spacial score (nSPS) is 24.4. The monoisotopic (exact) mass is 413 g/mol. The standard InChI is InChI=1S/C26H27N3O2/c30-23-16-28(18-11-5-2-6-12-18)26(31)22-15-20-19-13-7-8-14-21(19)27-24(20)25(29(22)23)17-9-3-1-4-10-17/h1,3-4,7-10,13-14,18,22,25,27H,2,5-6,11-12,15-16H2/t22-,25+/m0/s1. The predicted molar refractivity (Wildman–Crippen MR) is 120 cm³/mol. The van der Waals surface area contributed by atoms with Crippen LogP contribution in [0, 0.1) is 0 Å². The molecular formula is C26H27N3O2. The minimum absolute atomic E-state index is 0.0633. The van der Waals surface area contributed by atoms with Crippen LogP contribution in [-0.2, 0) is 16.0 Å². The fraction of sp³-hybridized carbons (Fsp3) is 0.385. The Bertz CT molecular complexity index is 1150. The predicted octanol–water partition coefficient (Wildman–Crippen LogP) is 4.19. The van der Waals surface area contributed by atoms with Crippen molar-refractivity contribution in [1.29, 1.82) is 0 Å². The molecule has 2 aromatic carbocycles. The van der Waals surface area contributed by atoms with E-state index in [9.17, 15) is 9.59 Å². The van der Waals surface area contributed by atoms with E-state index in [2.05, 4.69) is 29.2 Å². The zero-order chi connectivity index (χ0) is 20.9. The number of carbonyl (C=O) groups excluding carboxylic acids is 2. The molecule has 6 rings (SSSR count). The lowest BCUT2D eigenvalue weighted by atomic mass is 9.85. The molecule has 158 valence electrons. The molecule has 1 saturated heterocycles. The second kappa shape index (κ2) is 7.26. The number of H-pyrrole nitrogens is 1. The van der Waals surface area contributed by atoms with Gasteiger partial charge in [-0.3, -0.25) is 9.59 Å². The maximum atomic E-state index is 13.8. The number of nitrogens with one attached hydrogen (secondary N) is 1. The molecule has 5 heteroatoms. The van der Waals surface area contributed by atoms with Gasteiger partial charge in [0.2, 0.25) is 11.8 Å². The van der Waals surface area contributed by atoms with Crippen molar-refractivity contribution in [3.8, 4) is 0 Å². The number of rotatable bonds is 2. The molecule has 3 aliphatic rings. The summed E-state index contributed by atoms with van der Waals surface area (Å²) in [7, 11) is 0. The molecule has 0 radical (unpaired) electrons. The molecule has 3 aromatic rings. The number of para-hydroxylation sites is 1. The molecule has 1 N–H and O–H groups in total. The summed E-state index contributed by atoms with van der Waals surface area (Å²) in [5, 5.41) is 1.16. The highest BCUT2D eigenvalue weighted by atomic mass is 16.2. The van der Waals surface area contributed by atoms with E-state index in [1.165, 1.54) is 12.0 Å². The van der Waals surface area contributed by atoms with Gasteiger partial charge in [0.05, 0.1) is 6.04 Å². The molecular weight excluding hydrogens is 386 g/mol.